The third kappa shape index (κ3) is 6.19. The number of benzene rings is 3. The highest BCUT2D eigenvalue weighted by atomic mass is 16.5. The number of hydrogen-bond acceptors (Lipinski definition) is 4. The van der Waals surface area contributed by atoms with Crippen LogP contribution in [0.5, 0.6) is 11.5 Å². The van der Waals surface area contributed by atoms with Crippen molar-refractivity contribution >= 4 is 12.1 Å². The SMILES string of the molecule is COc1cc(/C=N\NC(=O)c2ccc(C(C)(C)C)cc2)ccc1OCc1ccccc1. The van der Waals surface area contributed by atoms with Crippen molar-refractivity contribution in [3.05, 3.63) is 95.1 Å². The van der Waals surface area contributed by atoms with Gasteiger partial charge in [-0.15, -0.1) is 0 Å². The summed E-state index contributed by atoms with van der Waals surface area (Å²) in [6, 6.07) is 23.0. The van der Waals surface area contributed by atoms with Crippen molar-refractivity contribution in [2.24, 2.45) is 5.10 Å². The summed E-state index contributed by atoms with van der Waals surface area (Å²) in [4.78, 5) is 12.3. The molecule has 31 heavy (non-hydrogen) atoms. The quantitative estimate of drug-likeness (QED) is 0.418. The summed E-state index contributed by atoms with van der Waals surface area (Å²) in [6.45, 7) is 6.87. The Morgan fingerprint density at radius 2 is 1.68 bits per heavy atom. The number of ether oxygens (including phenoxy) is 2. The lowest BCUT2D eigenvalue weighted by atomic mass is 9.87. The number of rotatable bonds is 7. The molecule has 0 saturated heterocycles. The minimum Gasteiger partial charge on any atom is -0.493 e. The van der Waals surface area contributed by atoms with Crippen LogP contribution in [0.4, 0.5) is 0 Å². The Morgan fingerprint density at radius 1 is 0.968 bits per heavy atom. The van der Waals surface area contributed by atoms with Crippen molar-refractivity contribution in [3.63, 3.8) is 0 Å². The second kappa shape index (κ2) is 9.94. The van der Waals surface area contributed by atoms with Crippen LogP contribution >= 0.6 is 0 Å². The molecular weight excluding hydrogens is 388 g/mol. The average Bonchev–Trinajstić information content (AvgIpc) is 2.78. The largest absolute Gasteiger partial charge is 0.493 e. The Labute approximate surface area is 183 Å². The van der Waals surface area contributed by atoms with Gasteiger partial charge < -0.3 is 9.47 Å². The highest BCUT2D eigenvalue weighted by Gasteiger charge is 2.14. The predicted octanol–water partition coefficient (Wildman–Crippen LogP) is 5.34. The van der Waals surface area contributed by atoms with Gasteiger partial charge in [0.15, 0.2) is 11.5 Å². The third-order valence-electron chi connectivity index (χ3n) is 4.82. The van der Waals surface area contributed by atoms with E-state index in [0.29, 0.717) is 23.7 Å². The number of nitrogens with one attached hydrogen (secondary N) is 1. The van der Waals surface area contributed by atoms with E-state index in [1.54, 1.807) is 13.3 Å². The first-order valence-electron chi connectivity index (χ1n) is 10.2. The summed E-state index contributed by atoms with van der Waals surface area (Å²) >= 11 is 0. The number of nitrogens with zero attached hydrogens (tertiary/aromatic N) is 1. The van der Waals surface area contributed by atoms with Crippen molar-refractivity contribution < 1.29 is 14.3 Å². The van der Waals surface area contributed by atoms with Gasteiger partial charge in [0.25, 0.3) is 5.91 Å². The Hall–Kier alpha value is -3.60. The number of carbonyl (C=O) groups is 1. The number of methoxy groups -OCH3 is 1. The molecule has 0 aliphatic rings. The lowest BCUT2D eigenvalue weighted by molar-refractivity contribution is 0.0955. The van der Waals surface area contributed by atoms with E-state index in [4.69, 9.17) is 9.47 Å². The van der Waals surface area contributed by atoms with E-state index >= 15 is 0 Å². The molecule has 0 unspecified atom stereocenters. The number of amides is 1. The molecule has 3 aromatic carbocycles. The predicted molar refractivity (Wildman–Crippen MR) is 124 cm³/mol. The summed E-state index contributed by atoms with van der Waals surface area (Å²) in [6.07, 6.45) is 1.57. The Balaban J connectivity index is 1.60. The van der Waals surface area contributed by atoms with Crippen molar-refractivity contribution in [1.82, 2.24) is 5.43 Å². The average molecular weight is 417 g/mol. The van der Waals surface area contributed by atoms with Crippen LogP contribution in [0.15, 0.2) is 77.9 Å². The Kier molecular flexibility index (Phi) is 7.08. The molecule has 0 heterocycles. The van der Waals surface area contributed by atoms with E-state index < -0.39 is 0 Å². The molecule has 0 saturated carbocycles. The van der Waals surface area contributed by atoms with Crippen LogP contribution in [-0.4, -0.2) is 19.2 Å². The zero-order chi connectivity index (χ0) is 22.3. The smallest absolute Gasteiger partial charge is 0.271 e. The normalized spacial score (nSPS) is 11.4. The van der Waals surface area contributed by atoms with Gasteiger partial charge in [-0.25, -0.2) is 5.43 Å². The van der Waals surface area contributed by atoms with E-state index in [0.717, 1.165) is 11.1 Å². The number of hydrazone groups is 1. The molecule has 1 amide bonds. The topological polar surface area (TPSA) is 59.9 Å². The fraction of sp³-hybridized carbons (Fsp3) is 0.231. The first kappa shape index (κ1) is 22.1. The minimum atomic E-state index is -0.258. The standard InChI is InChI=1S/C26H28N2O3/c1-26(2,3)22-13-11-21(12-14-22)25(29)28-27-17-20-10-15-23(24(16-20)30-4)31-18-19-8-6-5-7-9-19/h5-17H,18H2,1-4H3,(H,28,29)/b27-17-. The van der Waals surface area contributed by atoms with Crippen LogP contribution in [0.2, 0.25) is 0 Å². The van der Waals surface area contributed by atoms with E-state index in [-0.39, 0.29) is 11.3 Å². The van der Waals surface area contributed by atoms with E-state index in [2.05, 4.69) is 31.3 Å². The maximum absolute atomic E-state index is 12.3. The molecule has 3 aromatic rings. The van der Waals surface area contributed by atoms with Crippen molar-refractivity contribution in [2.45, 2.75) is 32.8 Å². The van der Waals surface area contributed by atoms with Gasteiger partial charge in [-0.2, -0.15) is 5.10 Å². The van der Waals surface area contributed by atoms with Crippen LogP contribution in [0.3, 0.4) is 0 Å². The second-order valence-electron chi connectivity index (χ2n) is 8.21. The van der Waals surface area contributed by atoms with E-state index in [9.17, 15) is 4.79 Å². The molecule has 0 atom stereocenters. The van der Waals surface area contributed by atoms with E-state index in [1.807, 2.05) is 72.8 Å². The third-order valence-corrected chi connectivity index (χ3v) is 4.82. The molecule has 0 aliphatic heterocycles. The van der Waals surface area contributed by atoms with Gasteiger partial charge in [0.05, 0.1) is 13.3 Å². The molecule has 3 rings (SSSR count). The lowest BCUT2D eigenvalue weighted by Crippen LogP contribution is -2.18. The Bertz CT molecular complexity index is 1040. The van der Waals surface area contributed by atoms with Crippen LogP contribution in [0.25, 0.3) is 0 Å². The molecule has 160 valence electrons. The van der Waals surface area contributed by atoms with Gasteiger partial charge in [0, 0.05) is 5.56 Å². The zero-order valence-corrected chi connectivity index (χ0v) is 18.4. The Morgan fingerprint density at radius 3 is 2.32 bits per heavy atom. The van der Waals surface area contributed by atoms with Crippen molar-refractivity contribution in [3.8, 4) is 11.5 Å². The minimum absolute atomic E-state index is 0.0448. The highest BCUT2D eigenvalue weighted by Crippen LogP contribution is 2.28. The van der Waals surface area contributed by atoms with Crippen LogP contribution < -0.4 is 14.9 Å². The fourth-order valence-corrected chi connectivity index (χ4v) is 2.97. The first-order valence-corrected chi connectivity index (χ1v) is 10.2. The highest BCUT2D eigenvalue weighted by molar-refractivity contribution is 5.95. The molecule has 0 bridgehead atoms. The van der Waals surface area contributed by atoms with Gasteiger partial charge in [0.2, 0.25) is 0 Å². The van der Waals surface area contributed by atoms with Gasteiger partial charge in [-0.05, 0) is 52.4 Å². The maximum atomic E-state index is 12.3. The van der Waals surface area contributed by atoms with Crippen LogP contribution in [-0.2, 0) is 12.0 Å². The molecular formula is C26H28N2O3. The van der Waals surface area contributed by atoms with Gasteiger partial charge >= 0.3 is 0 Å². The summed E-state index contributed by atoms with van der Waals surface area (Å²) in [5.41, 5.74) is 6.21. The molecule has 0 spiro atoms. The molecule has 0 aliphatic carbocycles. The van der Waals surface area contributed by atoms with Crippen LogP contribution in [0.1, 0.15) is 47.8 Å². The second-order valence-corrected chi connectivity index (χ2v) is 8.21. The molecule has 0 fully saturated rings. The van der Waals surface area contributed by atoms with Gasteiger partial charge in [-0.1, -0.05) is 63.2 Å². The fourth-order valence-electron chi connectivity index (χ4n) is 2.97. The monoisotopic (exact) mass is 416 g/mol. The van der Waals surface area contributed by atoms with Gasteiger partial charge in [0.1, 0.15) is 6.61 Å². The number of hydrogen-bond donors (Lipinski definition) is 1. The summed E-state index contributed by atoms with van der Waals surface area (Å²) in [5.74, 6) is 0.988. The van der Waals surface area contributed by atoms with Crippen LogP contribution in [0, 0.1) is 0 Å². The molecule has 5 nitrogen and oxygen atoms in total. The van der Waals surface area contributed by atoms with Crippen molar-refractivity contribution in [2.75, 3.05) is 7.11 Å². The zero-order valence-electron chi connectivity index (χ0n) is 18.4. The first-order chi connectivity index (χ1) is 14.9. The van der Waals surface area contributed by atoms with E-state index in [1.165, 1.54) is 5.56 Å². The van der Waals surface area contributed by atoms with Gasteiger partial charge in [-0.3, -0.25) is 4.79 Å². The maximum Gasteiger partial charge on any atom is 0.271 e. The summed E-state index contributed by atoms with van der Waals surface area (Å²) < 4.78 is 11.3. The lowest BCUT2D eigenvalue weighted by Gasteiger charge is -2.18. The summed E-state index contributed by atoms with van der Waals surface area (Å²) in [5, 5.41) is 4.07. The molecule has 1 N–H and O–H groups in total. The summed E-state index contributed by atoms with van der Waals surface area (Å²) in [7, 11) is 1.59. The molecule has 5 heteroatoms. The molecule has 0 aromatic heterocycles. The van der Waals surface area contributed by atoms with Crippen molar-refractivity contribution in [1.29, 1.82) is 0 Å². The molecule has 0 radical (unpaired) electrons. The number of carbonyl (C=O) groups excluding carboxylic acids is 1.